The highest BCUT2D eigenvalue weighted by molar-refractivity contribution is 9.10. The summed E-state index contributed by atoms with van der Waals surface area (Å²) >= 11 is 3.04. The van der Waals surface area contributed by atoms with Gasteiger partial charge in [-0.3, -0.25) is 4.79 Å². The second-order valence-corrected chi connectivity index (χ2v) is 4.20. The molecular weight excluding hydrogens is 318 g/mol. The molecule has 2 rings (SSSR count). The quantitative estimate of drug-likeness (QED) is 0.851. The zero-order valence-electron chi connectivity index (χ0n) is 9.38. The highest BCUT2D eigenvalue weighted by Gasteiger charge is 2.13. The van der Waals surface area contributed by atoms with Crippen molar-refractivity contribution in [1.29, 1.82) is 0 Å². The van der Waals surface area contributed by atoms with E-state index in [1.807, 2.05) is 0 Å². The fourth-order valence-corrected chi connectivity index (χ4v) is 1.59. The van der Waals surface area contributed by atoms with E-state index in [0.717, 1.165) is 6.08 Å². The Bertz CT molecular complexity index is 626. The number of carbonyl (C=O) groups excluding carboxylic acids is 2. The van der Waals surface area contributed by atoms with Crippen LogP contribution < -0.4 is 10.4 Å². The van der Waals surface area contributed by atoms with E-state index in [4.69, 9.17) is 8.83 Å². The summed E-state index contributed by atoms with van der Waals surface area (Å²) < 4.78 is 10.3. The van der Waals surface area contributed by atoms with Crippen LogP contribution in [0.5, 0.6) is 0 Å². The van der Waals surface area contributed by atoms with Crippen LogP contribution in [0.25, 0.3) is 6.08 Å². The van der Waals surface area contributed by atoms with Crippen molar-refractivity contribution in [1.82, 2.24) is 5.32 Å². The van der Waals surface area contributed by atoms with Crippen molar-refractivity contribution in [2.75, 3.05) is 0 Å². The van der Waals surface area contributed by atoms with Gasteiger partial charge in [0.25, 0.3) is 5.91 Å². The summed E-state index contributed by atoms with van der Waals surface area (Å²) in [6.07, 6.45) is 2.52. The van der Waals surface area contributed by atoms with Crippen molar-refractivity contribution in [3.05, 3.63) is 52.4 Å². The van der Waals surface area contributed by atoms with E-state index in [1.165, 1.54) is 18.4 Å². The molecule has 2 aromatic rings. The summed E-state index contributed by atoms with van der Waals surface area (Å²) in [6, 6.07) is 6.05. The van der Waals surface area contributed by atoms with Crippen molar-refractivity contribution in [2.24, 2.45) is 0 Å². The van der Waals surface area contributed by atoms with E-state index in [9.17, 15) is 14.7 Å². The van der Waals surface area contributed by atoms with Crippen molar-refractivity contribution < 1.29 is 23.5 Å². The first-order chi connectivity index (χ1) is 9.06. The topological polar surface area (TPSA) is 95.5 Å². The lowest BCUT2D eigenvalue weighted by Gasteiger charge is -2.08. The lowest BCUT2D eigenvalue weighted by Crippen LogP contribution is -2.35. The van der Waals surface area contributed by atoms with Gasteiger partial charge in [-0.2, -0.15) is 0 Å². The monoisotopic (exact) mass is 324 g/mol. The molecule has 0 saturated carbocycles. The van der Waals surface area contributed by atoms with Crippen LogP contribution in [0.2, 0.25) is 0 Å². The maximum absolute atomic E-state index is 11.7. The van der Waals surface area contributed by atoms with Gasteiger partial charge in [0.05, 0.1) is 17.9 Å². The lowest BCUT2D eigenvalue weighted by atomic mass is 10.3. The molecule has 19 heavy (non-hydrogen) atoms. The first-order valence-electron chi connectivity index (χ1n) is 5.09. The predicted octanol–water partition coefficient (Wildman–Crippen LogP) is 1.16. The van der Waals surface area contributed by atoms with Gasteiger partial charge in [-0.15, -0.1) is 0 Å². The van der Waals surface area contributed by atoms with Gasteiger partial charge in [-0.1, -0.05) is 0 Å². The number of amides is 1. The number of aliphatic carboxylic acids is 1. The Kier molecular flexibility index (Phi) is 3.86. The number of carboxylic acids is 1. The minimum Gasteiger partial charge on any atom is -0.543 e. The molecule has 2 aromatic heterocycles. The summed E-state index contributed by atoms with van der Waals surface area (Å²) in [6.45, 7) is 0. The molecule has 0 saturated heterocycles. The van der Waals surface area contributed by atoms with Crippen molar-refractivity contribution in [3.8, 4) is 0 Å². The predicted molar refractivity (Wildman–Crippen MR) is 65.6 cm³/mol. The Morgan fingerprint density at radius 3 is 2.63 bits per heavy atom. The Balaban J connectivity index is 2.18. The third kappa shape index (κ3) is 3.35. The first-order valence-corrected chi connectivity index (χ1v) is 5.89. The number of hydrogen-bond acceptors (Lipinski definition) is 5. The number of hydrogen-bond donors (Lipinski definition) is 1. The van der Waals surface area contributed by atoms with Gasteiger partial charge in [0.1, 0.15) is 5.76 Å². The van der Waals surface area contributed by atoms with E-state index < -0.39 is 17.6 Å². The number of carboxylic acid groups (broad SMARTS) is 1. The number of nitrogens with one attached hydrogen (secondary N) is 1. The van der Waals surface area contributed by atoms with Crippen LogP contribution in [-0.4, -0.2) is 11.9 Å². The van der Waals surface area contributed by atoms with Crippen LogP contribution in [0.3, 0.4) is 0 Å². The molecule has 1 N–H and O–H groups in total. The molecule has 1 amide bonds. The summed E-state index contributed by atoms with van der Waals surface area (Å²) in [7, 11) is 0. The molecule has 0 unspecified atom stereocenters. The summed E-state index contributed by atoms with van der Waals surface area (Å²) in [5.74, 6) is -1.98. The molecule has 0 bridgehead atoms. The van der Waals surface area contributed by atoms with Crippen molar-refractivity contribution in [2.45, 2.75) is 0 Å². The molecule has 0 aliphatic rings. The van der Waals surface area contributed by atoms with Crippen molar-refractivity contribution >= 4 is 33.9 Å². The van der Waals surface area contributed by atoms with E-state index in [-0.39, 0.29) is 11.5 Å². The van der Waals surface area contributed by atoms with E-state index in [1.54, 1.807) is 12.1 Å². The highest BCUT2D eigenvalue weighted by atomic mass is 79.9. The SMILES string of the molecule is O=C([O-])/C(=C\c1ccco1)NC(=O)c1ccc(Br)o1. The highest BCUT2D eigenvalue weighted by Crippen LogP contribution is 2.14. The zero-order chi connectivity index (χ0) is 13.8. The smallest absolute Gasteiger partial charge is 0.291 e. The Labute approximate surface area is 115 Å². The molecule has 0 fully saturated rings. The summed E-state index contributed by atoms with van der Waals surface area (Å²) in [5, 5.41) is 13.1. The van der Waals surface area contributed by atoms with Gasteiger partial charge >= 0.3 is 0 Å². The zero-order valence-corrected chi connectivity index (χ0v) is 11.0. The van der Waals surface area contributed by atoms with Gasteiger partial charge in [0.15, 0.2) is 10.4 Å². The average Bonchev–Trinajstić information content (AvgIpc) is 2.99. The number of furan rings is 2. The van der Waals surface area contributed by atoms with Gasteiger partial charge in [0.2, 0.25) is 0 Å². The van der Waals surface area contributed by atoms with Gasteiger partial charge in [0, 0.05) is 6.08 Å². The maximum atomic E-state index is 11.7. The summed E-state index contributed by atoms with van der Waals surface area (Å²) in [4.78, 5) is 22.6. The largest absolute Gasteiger partial charge is 0.543 e. The average molecular weight is 325 g/mol. The van der Waals surface area contributed by atoms with Crippen LogP contribution >= 0.6 is 15.9 Å². The first kappa shape index (κ1) is 13.2. The molecule has 2 heterocycles. The van der Waals surface area contributed by atoms with Crippen LogP contribution in [0.1, 0.15) is 16.3 Å². The van der Waals surface area contributed by atoms with Gasteiger partial charge in [-0.25, -0.2) is 0 Å². The fourth-order valence-electron chi connectivity index (χ4n) is 1.28. The Morgan fingerprint density at radius 2 is 2.11 bits per heavy atom. The number of halogens is 1. The van der Waals surface area contributed by atoms with Crippen LogP contribution in [0.4, 0.5) is 0 Å². The van der Waals surface area contributed by atoms with Crippen LogP contribution in [-0.2, 0) is 4.79 Å². The molecule has 0 atom stereocenters. The van der Waals surface area contributed by atoms with E-state index in [2.05, 4.69) is 21.2 Å². The van der Waals surface area contributed by atoms with E-state index in [0.29, 0.717) is 4.67 Å². The molecule has 0 aliphatic heterocycles. The molecule has 98 valence electrons. The summed E-state index contributed by atoms with van der Waals surface area (Å²) in [5.41, 5.74) is -0.424. The lowest BCUT2D eigenvalue weighted by molar-refractivity contribution is -0.299. The molecule has 6 nitrogen and oxygen atoms in total. The van der Waals surface area contributed by atoms with Crippen LogP contribution in [0.15, 0.2) is 49.7 Å². The van der Waals surface area contributed by atoms with Gasteiger partial charge in [-0.05, 0) is 40.2 Å². The number of carbonyl (C=O) groups is 2. The van der Waals surface area contributed by atoms with E-state index >= 15 is 0 Å². The Morgan fingerprint density at radius 1 is 1.32 bits per heavy atom. The normalized spacial score (nSPS) is 11.3. The molecule has 0 aliphatic carbocycles. The van der Waals surface area contributed by atoms with Gasteiger partial charge < -0.3 is 24.1 Å². The molecule has 0 spiro atoms. The molecule has 0 aromatic carbocycles. The van der Waals surface area contributed by atoms with Crippen LogP contribution in [0, 0.1) is 0 Å². The second kappa shape index (κ2) is 5.57. The number of rotatable bonds is 4. The minimum absolute atomic E-state index is 0.0292. The maximum Gasteiger partial charge on any atom is 0.291 e. The Hall–Kier alpha value is -2.28. The molecular formula is C12H7BrNO5-. The minimum atomic E-state index is -1.53. The second-order valence-electron chi connectivity index (χ2n) is 3.42. The molecule has 0 radical (unpaired) electrons. The fraction of sp³-hybridized carbons (Fsp3) is 0. The third-order valence-corrected chi connectivity index (χ3v) is 2.52. The molecule has 7 heteroatoms. The standard InChI is InChI=1S/C12H8BrNO5/c13-10-4-3-9(19-10)11(15)14-8(12(16)17)6-7-2-1-5-18-7/h1-6H,(H,14,15)(H,16,17)/p-1/b8-6+. The third-order valence-electron chi connectivity index (χ3n) is 2.09. The van der Waals surface area contributed by atoms with Crippen molar-refractivity contribution in [3.63, 3.8) is 0 Å².